The monoisotopic (exact) mass is 310 g/mol. The highest BCUT2D eigenvalue weighted by Gasteiger charge is 2.23. The third-order valence-electron chi connectivity index (χ3n) is 2.43. The first-order chi connectivity index (χ1) is 7.86. The summed E-state index contributed by atoms with van der Waals surface area (Å²) < 4.78 is 0. The Balaban J connectivity index is 0.00000289. The molecule has 0 saturated carbocycles. The largest absolute Gasteiger partial charge is 0.346 e. The Morgan fingerprint density at radius 2 is 1.89 bits per heavy atom. The number of hydrogen-bond donors (Lipinski definition) is 2. The molecule has 0 spiro atoms. The molecule has 0 aliphatic carbocycles. The van der Waals surface area contributed by atoms with Gasteiger partial charge in [-0.25, -0.2) is 0 Å². The maximum absolute atomic E-state index is 11.6. The molecule has 6 heteroatoms. The molecule has 102 valence electrons. The average molecular weight is 312 g/mol. The lowest BCUT2D eigenvalue weighted by Gasteiger charge is -2.27. The van der Waals surface area contributed by atoms with Crippen LogP contribution in [0.4, 0.5) is 0 Å². The zero-order chi connectivity index (χ0) is 13.1. The minimum atomic E-state index is -0.484. The van der Waals surface area contributed by atoms with Gasteiger partial charge in [-0.1, -0.05) is 29.3 Å². The number of benzene rings is 1. The van der Waals surface area contributed by atoms with Crippen molar-refractivity contribution in [1.82, 2.24) is 10.6 Å². The van der Waals surface area contributed by atoms with Gasteiger partial charge in [0.2, 0.25) is 5.91 Å². The highest BCUT2D eigenvalue weighted by molar-refractivity contribution is 6.42. The second kappa shape index (κ2) is 7.19. The smallest absolute Gasteiger partial charge is 0.234 e. The summed E-state index contributed by atoms with van der Waals surface area (Å²) in [6, 6.07) is 5.35. The fourth-order valence-corrected chi connectivity index (χ4v) is 1.81. The molecular weight excluding hydrogens is 295 g/mol. The van der Waals surface area contributed by atoms with Crippen molar-refractivity contribution in [2.24, 2.45) is 0 Å². The Hall–Kier alpha value is -0.480. The van der Waals surface area contributed by atoms with E-state index in [0.717, 1.165) is 5.56 Å². The van der Waals surface area contributed by atoms with E-state index in [-0.39, 0.29) is 24.9 Å². The molecule has 2 N–H and O–H groups in total. The number of halogens is 3. The minimum Gasteiger partial charge on any atom is -0.346 e. The van der Waals surface area contributed by atoms with Crippen molar-refractivity contribution in [1.29, 1.82) is 0 Å². The lowest BCUT2D eigenvalue weighted by molar-refractivity contribution is -0.121. The molecule has 1 amide bonds. The van der Waals surface area contributed by atoms with Crippen molar-refractivity contribution in [3.05, 3.63) is 33.8 Å². The van der Waals surface area contributed by atoms with Gasteiger partial charge in [0.15, 0.2) is 0 Å². The van der Waals surface area contributed by atoms with Gasteiger partial charge in [-0.3, -0.25) is 4.79 Å². The molecule has 0 radical (unpaired) electrons. The highest BCUT2D eigenvalue weighted by Crippen LogP contribution is 2.28. The molecule has 0 fully saturated rings. The van der Waals surface area contributed by atoms with Crippen LogP contribution < -0.4 is 10.6 Å². The van der Waals surface area contributed by atoms with Crippen LogP contribution in [0, 0.1) is 0 Å². The zero-order valence-corrected chi connectivity index (χ0v) is 12.8. The summed E-state index contributed by atoms with van der Waals surface area (Å²) in [6.07, 6.45) is 0. The SMILES string of the molecule is CNCC(=O)NC(C)(C)c1ccc(Cl)c(Cl)c1.Cl. The fraction of sp³-hybridized carbons (Fsp3) is 0.417. The van der Waals surface area contributed by atoms with E-state index in [9.17, 15) is 4.79 Å². The summed E-state index contributed by atoms with van der Waals surface area (Å²) in [5.74, 6) is -0.0661. The molecule has 3 nitrogen and oxygen atoms in total. The Morgan fingerprint density at radius 3 is 2.39 bits per heavy atom. The summed E-state index contributed by atoms with van der Waals surface area (Å²) in [6.45, 7) is 4.12. The molecule has 0 aromatic heterocycles. The number of likely N-dealkylation sites (N-methyl/N-ethyl adjacent to an activating group) is 1. The van der Waals surface area contributed by atoms with Crippen molar-refractivity contribution in [2.45, 2.75) is 19.4 Å². The number of hydrogen-bond acceptors (Lipinski definition) is 2. The van der Waals surface area contributed by atoms with E-state index in [2.05, 4.69) is 10.6 Å². The van der Waals surface area contributed by atoms with Gasteiger partial charge in [-0.2, -0.15) is 0 Å². The third kappa shape index (κ3) is 4.65. The quantitative estimate of drug-likeness (QED) is 0.897. The zero-order valence-electron chi connectivity index (χ0n) is 10.5. The topological polar surface area (TPSA) is 41.1 Å². The van der Waals surface area contributed by atoms with Crippen LogP contribution in [-0.4, -0.2) is 19.5 Å². The molecule has 0 bridgehead atoms. The van der Waals surface area contributed by atoms with Gasteiger partial charge in [-0.05, 0) is 38.6 Å². The minimum absolute atomic E-state index is 0. The molecule has 18 heavy (non-hydrogen) atoms. The lowest BCUT2D eigenvalue weighted by Crippen LogP contribution is -2.44. The maximum atomic E-state index is 11.6. The number of carbonyl (C=O) groups excluding carboxylic acids is 1. The predicted octanol–water partition coefficient (Wildman–Crippen LogP) is 2.99. The van der Waals surface area contributed by atoms with Crippen LogP contribution in [0.3, 0.4) is 0 Å². The van der Waals surface area contributed by atoms with E-state index in [1.165, 1.54) is 0 Å². The van der Waals surface area contributed by atoms with Gasteiger partial charge in [0.25, 0.3) is 0 Å². The van der Waals surface area contributed by atoms with Gasteiger partial charge >= 0.3 is 0 Å². The Morgan fingerprint density at radius 1 is 1.28 bits per heavy atom. The standard InChI is InChI=1S/C12H16Cl2N2O.ClH/c1-12(2,16-11(17)7-15-3)8-4-5-9(13)10(14)6-8;/h4-6,15H,7H2,1-3H3,(H,16,17);1H. The van der Waals surface area contributed by atoms with Crippen molar-refractivity contribution < 1.29 is 4.79 Å². The molecular formula is C12H17Cl3N2O. The molecule has 0 aliphatic rings. The van der Waals surface area contributed by atoms with Crippen molar-refractivity contribution in [3.8, 4) is 0 Å². The van der Waals surface area contributed by atoms with E-state index >= 15 is 0 Å². The summed E-state index contributed by atoms with van der Waals surface area (Å²) in [4.78, 5) is 11.6. The number of carbonyl (C=O) groups is 1. The first-order valence-corrected chi connectivity index (χ1v) is 6.03. The number of rotatable bonds is 4. The molecule has 0 unspecified atom stereocenters. The van der Waals surface area contributed by atoms with Crippen molar-refractivity contribution in [2.75, 3.05) is 13.6 Å². The van der Waals surface area contributed by atoms with E-state index in [1.807, 2.05) is 19.9 Å². The molecule has 0 saturated heterocycles. The second-order valence-electron chi connectivity index (χ2n) is 4.33. The molecule has 0 atom stereocenters. The van der Waals surface area contributed by atoms with E-state index in [1.54, 1.807) is 19.2 Å². The van der Waals surface area contributed by atoms with Crippen molar-refractivity contribution in [3.63, 3.8) is 0 Å². The normalized spacial score (nSPS) is 10.7. The summed E-state index contributed by atoms with van der Waals surface area (Å²) in [5, 5.41) is 6.71. The van der Waals surface area contributed by atoms with E-state index in [0.29, 0.717) is 10.0 Å². The first kappa shape index (κ1) is 17.5. The fourth-order valence-electron chi connectivity index (χ4n) is 1.51. The van der Waals surface area contributed by atoms with Crippen molar-refractivity contribution >= 4 is 41.5 Å². The van der Waals surface area contributed by atoms with Crippen LogP contribution >= 0.6 is 35.6 Å². The summed E-state index contributed by atoms with van der Waals surface area (Å²) in [7, 11) is 1.73. The van der Waals surface area contributed by atoms with Crippen LogP contribution in [-0.2, 0) is 10.3 Å². The predicted molar refractivity (Wildman–Crippen MR) is 78.8 cm³/mol. The van der Waals surface area contributed by atoms with Gasteiger partial charge in [0.05, 0.1) is 22.1 Å². The Kier molecular flexibility index (Phi) is 7.00. The molecule has 1 aromatic rings. The van der Waals surface area contributed by atoms with Crippen LogP contribution in [0.5, 0.6) is 0 Å². The van der Waals surface area contributed by atoms with Gasteiger partial charge in [0, 0.05) is 0 Å². The average Bonchev–Trinajstić information content (AvgIpc) is 2.21. The first-order valence-electron chi connectivity index (χ1n) is 5.28. The van der Waals surface area contributed by atoms with E-state index in [4.69, 9.17) is 23.2 Å². The van der Waals surface area contributed by atoms with E-state index < -0.39 is 5.54 Å². The molecule has 0 aliphatic heterocycles. The molecule has 1 rings (SSSR count). The van der Waals surface area contributed by atoms with Crippen LogP contribution in [0.25, 0.3) is 0 Å². The number of nitrogens with one attached hydrogen (secondary N) is 2. The van der Waals surface area contributed by atoms with Crippen LogP contribution in [0.1, 0.15) is 19.4 Å². The Labute approximate surface area is 124 Å². The summed E-state index contributed by atoms with van der Waals surface area (Å²) in [5.41, 5.74) is 0.429. The van der Waals surface area contributed by atoms with Gasteiger partial charge < -0.3 is 10.6 Å². The van der Waals surface area contributed by atoms with Gasteiger partial charge in [0.1, 0.15) is 0 Å². The lowest BCUT2D eigenvalue weighted by atomic mass is 9.94. The summed E-state index contributed by atoms with van der Waals surface area (Å²) >= 11 is 11.8. The van der Waals surface area contributed by atoms with Gasteiger partial charge in [-0.15, -0.1) is 12.4 Å². The third-order valence-corrected chi connectivity index (χ3v) is 3.17. The van der Waals surface area contributed by atoms with Crippen LogP contribution in [0.2, 0.25) is 10.0 Å². The maximum Gasteiger partial charge on any atom is 0.234 e. The molecule has 1 aromatic carbocycles. The Bertz CT molecular complexity index is 422. The van der Waals surface area contributed by atoms with Crippen LogP contribution in [0.15, 0.2) is 18.2 Å². The molecule has 0 heterocycles. The second-order valence-corrected chi connectivity index (χ2v) is 5.15. The number of amides is 1. The highest BCUT2D eigenvalue weighted by atomic mass is 35.5.